The monoisotopic (exact) mass is 289 g/mol. The van der Waals surface area contributed by atoms with Crippen LogP contribution in [0.2, 0.25) is 0 Å². The minimum absolute atomic E-state index is 0.0488. The lowest BCUT2D eigenvalue weighted by Crippen LogP contribution is -2.34. The van der Waals surface area contributed by atoms with Crippen molar-refractivity contribution in [3.05, 3.63) is 28.2 Å². The molecule has 1 unspecified atom stereocenters. The van der Waals surface area contributed by atoms with Gasteiger partial charge in [-0.15, -0.1) is 0 Å². The van der Waals surface area contributed by atoms with Gasteiger partial charge in [0.15, 0.2) is 0 Å². The molecule has 90 valence electrons. The first-order chi connectivity index (χ1) is 7.54. The molecule has 0 fully saturated rings. The van der Waals surface area contributed by atoms with Crippen molar-refractivity contribution in [2.24, 2.45) is 5.73 Å². The molecule has 1 rings (SSSR count). The van der Waals surface area contributed by atoms with E-state index in [4.69, 9.17) is 10.5 Å². The van der Waals surface area contributed by atoms with Crippen molar-refractivity contribution < 1.29 is 9.13 Å². The van der Waals surface area contributed by atoms with E-state index in [1.165, 1.54) is 0 Å². The van der Waals surface area contributed by atoms with E-state index in [9.17, 15) is 4.39 Å². The van der Waals surface area contributed by atoms with Crippen LogP contribution in [0.5, 0.6) is 5.75 Å². The summed E-state index contributed by atoms with van der Waals surface area (Å²) in [5.41, 5.74) is 5.06. The first-order valence-electron chi connectivity index (χ1n) is 5.26. The molecule has 2 nitrogen and oxygen atoms in total. The molecule has 0 aliphatic carbocycles. The summed E-state index contributed by atoms with van der Waals surface area (Å²) in [5.74, 6) is 0.748. The highest BCUT2D eigenvalue weighted by molar-refractivity contribution is 9.10. The Hall–Kier alpha value is -0.610. The van der Waals surface area contributed by atoms with Gasteiger partial charge in [0.2, 0.25) is 0 Å². The molecule has 4 heteroatoms. The van der Waals surface area contributed by atoms with Crippen LogP contribution in [-0.4, -0.2) is 19.3 Å². The van der Waals surface area contributed by atoms with Crippen LogP contribution in [0.4, 0.5) is 4.39 Å². The predicted octanol–water partition coefficient (Wildman–Crippen LogP) is 3.08. The Morgan fingerprint density at radius 1 is 1.50 bits per heavy atom. The Labute approximate surface area is 104 Å². The van der Waals surface area contributed by atoms with E-state index in [1.54, 1.807) is 7.11 Å². The molecule has 1 aromatic rings. The third-order valence-corrected chi connectivity index (χ3v) is 3.36. The van der Waals surface area contributed by atoms with E-state index in [0.29, 0.717) is 12.8 Å². The number of halogens is 2. The van der Waals surface area contributed by atoms with E-state index in [-0.39, 0.29) is 6.54 Å². The summed E-state index contributed by atoms with van der Waals surface area (Å²) < 4.78 is 20.0. The summed E-state index contributed by atoms with van der Waals surface area (Å²) in [6.07, 6.45) is 0.760. The van der Waals surface area contributed by atoms with Gasteiger partial charge in [0, 0.05) is 13.0 Å². The third-order valence-electron chi connectivity index (χ3n) is 2.74. The van der Waals surface area contributed by atoms with E-state index < -0.39 is 5.67 Å². The maximum Gasteiger partial charge on any atom is 0.133 e. The van der Waals surface area contributed by atoms with Gasteiger partial charge in [-0.2, -0.15) is 0 Å². The molecule has 0 heterocycles. The van der Waals surface area contributed by atoms with Crippen LogP contribution in [0.1, 0.15) is 18.9 Å². The lowest BCUT2D eigenvalue weighted by atomic mass is 9.94. The molecule has 1 atom stereocenters. The fourth-order valence-corrected chi connectivity index (χ4v) is 2.12. The summed E-state index contributed by atoms with van der Waals surface area (Å²) in [5, 5.41) is 0. The Bertz CT molecular complexity index is 353. The normalized spacial score (nSPS) is 14.6. The number of nitrogens with two attached hydrogens (primary N) is 1. The first kappa shape index (κ1) is 13.5. The average Bonchev–Trinajstić information content (AvgIpc) is 2.29. The maximum absolute atomic E-state index is 14.1. The van der Waals surface area contributed by atoms with Gasteiger partial charge < -0.3 is 10.5 Å². The van der Waals surface area contributed by atoms with Crippen LogP contribution in [0, 0.1) is 0 Å². The zero-order valence-electron chi connectivity index (χ0n) is 9.59. The zero-order chi connectivity index (χ0) is 12.2. The smallest absolute Gasteiger partial charge is 0.133 e. The summed E-state index contributed by atoms with van der Waals surface area (Å²) in [4.78, 5) is 0. The first-order valence-corrected chi connectivity index (χ1v) is 6.05. The lowest BCUT2D eigenvalue weighted by Gasteiger charge is -2.22. The van der Waals surface area contributed by atoms with Gasteiger partial charge in [0.1, 0.15) is 11.4 Å². The van der Waals surface area contributed by atoms with Gasteiger partial charge in [0.05, 0.1) is 11.6 Å². The zero-order valence-corrected chi connectivity index (χ0v) is 11.2. The molecule has 0 aromatic heterocycles. The molecule has 0 radical (unpaired) electrons. The Balaban J connectivity index is 2.86. The van der Waals surface area contributed by atoms with Gasteiger partial charge in [-0.1, -0.05) is 13.0 Å². The molecular weight excluding hydrogens is 273 g/mol. The molecule has 2 N–H and O–H groups in total. The second-order valence-electron chi connectivity index (χ2n) is 3.85. The van der Waals surface area contributed by atoms with Crippen LogP contribution in [0.3, 0.4) is 0 Å². The van der Waals surface area contributed by atoms with Gasteiger partial charge in [0.25, 0.3) is 0 Å². The van der Waals surface area contributed by atoms with E-state index in [2.05, 4.69) is 15.9 Å². The van der Waals surface area contributed by atoms with Crippen molar-refractivity contribution in [3.63, 3.8) is 0 Å². The highest BCUT2D eigenvalue weighted by Crippen LogP contribution is 2.28. The van der Waals surface area contributed by atoms with Gasteiger partial charge in [-0.3, -0.25) is 0 Å². The Morgan fingerprint density at radius 3 is 2.62 bits per heavy atom. The number of hydrogen-bond donors (Lipinski definition) is 1. The van der Waals surface area contributed by atoms with Crippen LogP contribution in [-0.2, 0) is 6.42 Å². The highest BCUT2D eigenvalue weighted by Gasteiger charge is 2.26. The lowest BCUT2D eigenvalue weighted by molar-refractivity contribution is 0.167. The van der Waals surface area contributed by atoms with Crippen molar-refractivity contribution in [1.29, 1.82) is 0 Å². The SMILES string of the molecule is CCC(F)(CN)Cc1ccc(OC)c(Br)c1. The second-order valence-corrected chi connectivity index (χ2v) is 4.71. The fourth-order valence-electron chi connectivity index (χ4n) is 1.53. The van der Waals surface area contributed by atoms with Crippen molar-refractivity contribution in [3.8, 4) is 5.75 Å². The van der Waals surface area contributed by atoms with Gasteiger partial charge >= 0.3 is 0 Å². The minimum atomic E-state index is -1.31. The van der Waals surface area contributed by atoms with E-state index in [0.717, 1.165) is 15.8 Å². The highest BCUT2D eigenvalue weighted by atomic mass is 79.9. The number of alkyl halides is 1. The van der Waals surface area contributed by atoms with Crippen LogP contribution >= 0.6 is 15.9 Å². The second kappa shape index (κ2) is 5.64. The Morgan fingerprint density at radius 2 is 2.19 bits per heavy atom. The predicted molar refractivity (Wildman–Crippen MR) is 67.6 cm³/mol. The van der Waals surface area contributed by atoms with Crippen LogP contribution in [0.25, 0.3) is 0 Å². The minimum Gasteiger partial charge on any atom is -0.496 e. The molecule has 0 bridgehead atoms. The number of rotatable bonds is 5. The Kier molecular flexibility index (Phi) is 4.74. The summed E-state index contributed by atoms with van der Waals surface area (Å²) in [6.45, 7) is 1.86. The molecule has 0 amide bonds. The number of methoxy groups -OCH3 is 1. The molecule has 0 saturated heterocycles. The van der Waals surface area contributed by atoms with E-state index in [1.807, 2.05) is 25.1 Å². The van der Waals surface area contributed by atoms with Crippen molar-refractivity contribution in [2.75, 3.05) is 13.7 Å². The summed E-state index contributed by atoms with van der Waals surface area (Å²) >= 11 is 3.38. The standard InChI is InChI=1S/C12H17BrFNO/c1-3-12(14,8-15)7-9-4-5-11(16-2)10(13)6-9/h4-6H,3,7-8,15H2,1-2H3. The quantitative estimate of drug-likeness (QED) is 0.904. The molecule has 0 aliphatic rings. The average molecular weight is 290 g/mol. The number of hydrogen-bond acceptors (Lipinski definition) is 2. The largest absolute Gasteiger partial charge is 0.496 e. The van der Waals surface area contributed by atoms with Gasteiger partial charge in [-0.05, 0) is 40.0 Å². The van der Waals surface area contributed by atoms with Crippen LogP contribution < -0.4 is 10.5 Å². The van der Waals surface area contributed by atoms with Crippen molar-refractivity contribution >= 4 is 15.9 Å². The molecule has 1 aromatic carbocycles. The molecule has 0 aliphatic heterocycles. The maximum atomic E-state index is 14.1. The van der Waals surface area contributed by atoms with Crippen molar-refractivity contribution in [1.82, 2.24) is 0 Å². The molecule has 16 heavy (non-hydrogen) atoms. The molecular formula is C12H17BrFNO. The van der Waals surface area contributed by atoms with Crippen LogP contribution in [0.15, 0.2) is 22.7 Å². The molecule has 0 saturated carbocycles. The van der Waals surface area contributed by atoms with E-state index >= 15 is 0 Å². The topological polar surface area (TPSA) is 35.2 Å². The summed E-state index contributed by atoms with van der Waals surface area (Å²) in [7, 11) is 1.60. The van der Waals surface area contributed by atoms with Crippen molar-refractivity contribution in [2.45, 2.75) is 25.4 Å². The molecule has 0 spiro atoms. The summed E-state index contributed by atoms with van der Waals surface area (Å²) in [6, 6.07) is 5.56. The van der Waals surface area contributed by atoms with Gasteiger partial charge in [-0.25, -0.2) is 4.39 Å². The third kappa shape index (κ3) is 3.19. The number of benzene rings is 1. The number of ether oxygens (including phenoxy) is 1. The fraction of sp³-hybridized carbons (Fsp3) is 0.500.